The maximum atomic E-state index is 6.28. The molecule has 65 heavy (non-hydrogen) atoms. The van der Waals surface area contributed by atoms with Gasteiger partial charge in [0.05, 0.1) is 22.2 Å². The van der Waals surface area contributed by atoms with Gasteiger partial charge < -0.3 is 4.42 Å². The number of hydrogen-bond donors (Lipinski definition) is 0. The Hall–Kier alpha value is -8.34. The number of allylic oxidation sites excluding steroid dienone is 6. The quantitative estimate of drug-likeness (QED) is 0.162. The van der Waals surface area contributed by atoms with Crippen LogP contribution in [0.1, 0.15) is 26.0 Å². The fourth-order valence-electron chi connectivity index (χ4n) is 9.93. The second-order valence-electron chi connectivity index (χ2n) is 16.4. The van der Waals surface area contributed by atoms with E-state index in [9.17, 15) is 0 Å². The van der Waals surface area contributed by atoms with E-state index in [-0.39, 0.29) is 0 Å². The number of fused-ring (bicyclic) bond motifs is 12. The van der Waals surface area contributed by atoms with Gasteiger partial charge in [0.15, 0.2) is 0 Å². The first kappa shape index (κ1) is 38.3. The molecule has 3 heterocycles. The summed E-state index contributed by atoms with van der Waals surface area (Å²) in [6.07, 6.45) is 11.7. The van der Waals surface area contributed by atoms with Crippen LogP contribution in [0, 0.1) is 0 Å². The summed E-state index contributed by atoms with van der Waals surface area (Å²) >= 11 is 0. The van der Waals surface area contributed by atoms with Crippen molar-refractivity contribution < 1.29 is 4.42 Å². The number of furan rings is 1. The van der Waals surface area contributed by atoms with Crippen LogP contribution in [0.25, 0.3) is 121 Å². The van der Waals surface area contributed by atoms with Crippen LogP contribution >= 0.6 is 0 Å². The normalized spacial score (nSPS) is 12.7. The number of benzene rings is 9. The van der Waals surface area contributed by atoms with Crippen molar-refractivity contribution in [1.82, 2.24) is 14.5 Å². The Morgan fingerprint density at radius 2 is 1.05 bits per heavy atom. The minimum atomic E-state index is 0.643. The summed E-state index contributed by atoms with van der Waals surface area (Å²) in [5, 5.41) is 10.4. The van der Waals surface area contributed by atoms with Crippen LogP contribution in [0.3, 0.4) is 0 Å². The van der Waals surface area contributed by atoms with E-state index < -0.39 is 0 Å². The number of hydrogen-bond acceptors (Lipinski definition) is 3. The lowest BCUT2D eigenvalue weighted by atomic mass is 9.94. The number of para-hydroxylation sites is 3. The summed E-state index contributed by atoms with van der Waals surface area (Å²) in [6.45, 7) is 4.00. The molecule has 13 rings (SSSR count). The molecule has 3 aromatic heterocycles. The first-order chi connectivity index (χ1) is 32.2. The van der Waals surface area contributed by atoms with Gasteiger partial charge in [0.25, 0.3) is 0 Å². The monoisotopic (exact) mass is 833 g/mol. The van der Waals surface area contributed by atoms with Gasteiger partial charge in [0.1, 0.15) is 11.2 Å². The molecule has 1 aliphatic rings. The Labute approximate surface area is 376 Å². The molecule has 0 amide bonds. The van der Waals surface area contributed by atoms with Crippen LogP contribution in [0.15, 0.2) is 217 Å². The Bertz CT molecular complexity index is 3950. The van der Waals surface area contributed by atoms with Crippen molar-refractivity contribution in [3.8, 4) is 39.3 Å². The van der Waals surface area contributed by atoms with Crippen molar-refractivity contribution >= 4 is 81.8 Å². The number of rotatable bonds is 5. The van der Waals surface area contributed by atoms with Gasteiger partial charge in [-0.25, -0.2) is 9.97 Å². The fraction of sp³-hybridized carbons (Fsp3) is 0.0492. The summed E-state index contributed by atoms with van der Waals surface area (Å²) in [4.78, 5) is 11.0. The van der Waals surface area contributed by atoms with Crippen molar-refractivity contribution in [2.45, 2.75) is 20.3 Å². The van der Waals surface area contributed by atoms with E-state index in [1.807, 2.05) is 26.0 Å². The zero-order valence-electron chi connectivity index (χ0n) is 36.2. The second kappa shape index (κ2) is 15.8. The summed E-state index contributed by atoms with van der Waals surface area (Å²) in [7, 11) is 0. The third-order valence-electron chi connectivity index (χ3n) is 12.8. The fourth-order valence-corrected chi connectivity index (χ4v) is 9.93. The molecule has 0 fully saturated rings. The van der Waals surface area contributed by atoms with Gasteiger partial charge in [-0.1, -0.05) is 190 Å². The largest absolute Gasteiger partial charge is 0.456 e. The average molecular weight is 834 g/mol. The maximum Gasteiger partial charge on any atom is 0.235 e. The second-order valence-corrected chi connectivity index (χ2v) is 16.4. The summed E-state index contributed by atoms with van der Waals surface area (Å²) in [6, 6.07) is 65.3. The number of aromatic nitrogens is 3. The third kappa shape index (κ3) is 6.29. The van der Waals surface area contributed by atoms with E-state index in [1.165, 1.54) is 21.5 Å². The van der Waals surface area contributed by atoms with Gasteiger partial charge in [-0.05, 0) is 86.8 Å². The highest BCUT2D eigenvalue weighted by atomic mass is 16.3. The predicted molar refractivity (Wildman–Crippen MR) is 275 cm³/mol. The Morgan fingerprint density at radius 1 is 0.446 bits per heavy atom. The van der Waals surface area contributed by atoms with Crippen LogP contribution in [0.5, 0.6) is 0 Å². The minimum Gasteiger partial charge on any atom is -0.456 e. The summed E-state index contributed by atoms with van der Waals surface area (Å²) in [5.74, 6) is 0.643. The molecular formula is C61H43N3O. The van der Waals surface area contributed by atoms with Crippen LogP contribution in [0.4, 0.5) is 0 Å². The van der Waals surface area contributed by atoms with Gasteiger partial charge in [-0.3, -0.25) is 4.57 Å². The van der Waals surface area contributed by atoms with E-state index >= 15 is 0 Å². The zero-order chi connectivity index (χ0) is 43.4. The first-order valence-corrected chi connectivity index (χ1v) is 22.6. The molecule has 308 valence electrons. The van der Waals surface area contributed by atoms with Crippen LogP contribution in [-0.4, -0.2) is 14.5 Å². The van der Waals surface area contributed by atoms with E-state index in [4.69, 9.17) is 14.4 Å². The molecule has 0 saturated heterocycles. The molecule has 0 spiro atoms. The molecule has 0 aliphatic heterocycles. The highest BCUT2D eigenvalue weighted by molar-refractivity contribution is 6.33. The Kier molecular flexibility index (Phi) is 9.31. The van der Waals surface area contributed by atoms with E-state index in [2.05, 4.69) is 205 Å². The van der Waals surface area contributed by atoms with Crippen molar-refractivity contribution in [1.29, 1.82) is 0 Å². The SMILES string of the molecule is C1=CCC=CC(c2nc(-n3c4c(-c5cccc(-c6cccc(-c7ccc8c(c7)oc7ccccc78)c6)c5)cccc4c4c5ccccc5c5ccccc5c43)nc3ccccc23)=C1.CC. The smallest absolute Gasteiger partial charge is 0.235 e. The van der Waals surface area contributed by atoms with E-state index in [0.717, 1.165) is 106 Å². The maximum absolute atomic E-state index is 6.28. The third-order valence-corrected chi connectivity index (χ3v) is 12.8. The molecule has 0 atom stereocenters. The van der Waals surface area contributed by atoms with Crippen molar-refractivity contribution in [2.75, 3.05) is 0 Å². The lowest BCUT2D eigenvalue weighted by Gasteiger charge is -2.15. The molecule has 4 nitrogen and oxygen atoms in total. The molecule has 0 N–H and O–H groups in total. The van der Waals surface area contributed by atoms with Crippen LogP contribution in [0.2, 0.25) is 0 Å². The van der Waals surface area contributed by atoms with Crippen molar-refractivity contribution in [3.05, 3.63) is 218 Å². The van der Waals surface area contributed by atoms with E-state index in [0.29, 0.717) is 5.95 Å². The molecule has 12 aromatic rings. The predicted octanol–water partition coefficient (Wildman–Crippen LogP) is 16.9. The van der Waals surface area contributed by atoms with Crippen molar-refractivity contribution in [3.63, 3.8) is 0 Å². The molecule has 4 heteroatoms. The first-order valence-electron chi connectivity index (χ1n) is 22.6. The highest BCUT2D eigenvalue weighted by Crippen LogP contribution is 2.45. The molecular weight excluding hydrogens is 791 g/mol. The topological polar surface area (TPSA) is 43.9 Å². The van der Waals surface area contributed by atoms with E-state index in [1.54, 1.807) is 0 Å². The standard InChI is InChI=1S/C59H37N3O.C2H6/c1-2-4-17-37(16-3-1)56-50-27-9-11-30-52(50)60-59(61-56)62-57-43(28-15-29-51(57)55-48-25-7-5-22-44(48)45-23-6-8-26-49(45)58(55)62)42-21-14-20-40(35-42)38-18-13-19-39(34-38)41-32-33-47-46-24-10-12-31-53(46)63-54(47)36-41;1-2/h1,3-36H,2H2;1-2H3. The molecule has 0 unspecified atom stereocenters. The molecule has 0 saturated carbocycles. The Balaban J connectivity index is 0.00000219. The molecule has 9 aromatic carbocycles. The van der Waals surface area contributed by atoms with Gasteiger partial charge in [-0.2, -0.15) is 0 Å². The lowest BCUT2D eigenvalue weighted by Crippen LogP contribution is -2.05. The molecule has 0 radical (unpaired) electrons. The molecule has 0 bridgehead atoms. The van der Waals surface area contributed by atoms with Gasteiger partial charge in [-0.15, -0.1) is 0 Å². The van der Waals surface area contributed by atoms with Crippen molar-refractivity contribution in [2.24, 2.45) is 0 Å². The van der Waals surface area contributed by atoms with Crippen LogP contribution in [-0.2, 0) is 0 Å². The Morgan fingerprint density at radius 3 is 1.85 bits per heavy atom. The zero-order valence-corrected chi connectivity index (χ0v) is 36.2. The number of nitrogens with zero attached hydrogens (tertiary/aromatic N) is 3. The highest BCUT2D eigenvalue weighted by Gasteiger charge is 2.24. The summed E-state index contributed by atoms with van der Waals surface area (Å²) in [5.41, 5.74) is 13.6. The summed E-state index contributed by atoms with van der Waals surface area (Å²) < 4.78 is 8.63. The lowest BCUT2D eigenvalue weighted by molar-refractivity contribution is 0.669. The van der Waals surface area contributed by atoms with Gasteiger partial charge in [0, 0.05) is 43.5 Å². The minimum absolute atomic E-state index is 0.643. The van der Waals surface area contributed by atoms with Gasteiger partial charge >= 0.3 is 0 Å². The molecule has 1 aliphatic carbocycles. The average Bonchev–Trinajstić information content (AvgIpc) is 3.80. The van der Waals surface area contributed by atoms with Gasteiger partial charge in [0.2, 0.25) is 5.95 Å². The van der Waals surface area contributed by atoms with Crippen LogP contribution < -0.4 is 0 Å².